The first-order chi connectivity index (χ1) is 9.19. The number of thioether (sulfide) groups is 1. The molecule has 0 aliphatic carbocycles. The van der Waals surface area contributed by atoms with Crippen LogP contribution in [0.1, 0.15) is 21.5 Å². The average Bonchev–Trinajstić information content (AvgIpc) is 2.46. The summed E-state index contributed by atoms with van der Waals surface area (Å²) in [5.74, 6) is -0.0802. The maximum atomic E-state index is 10.7. The van der Waals surface area contributed by atoms with Crippen molar-refractivity contribution >= 4 is 17.7 Å². The zero-order valence-corrected chi connectivity index (χ0v) is 11.2. The lowest BCUT2D eigenvalue weighted by Crippen LogP contribution is -1.96. The van der Waals surface area contributed by atoms with Crippen LogP contribution in [0, 0.1) is 0 Å². The third kappa shape index (κ3) is 3.84. The van der Waals surface area contributed by atoms with Gasteiger partial charge in [0.05, 0.1) is 5.56 Å². The maximum Gasteiger partial charge on any atom is 0.335 e. The molecule has 0 aromatic heterocycles. The molecule has 98 valence electrons. The zero-order chi connectivity index (χ0) is 13.7. The molecular formula is C15H15NO2S. The van der Waals surface area contributed by atoms with E-state index >= 15 is 0 Å². The lowest BCUT2D eigenvalue weighted by molar-refractivity contribution is 0.0697. The largest absolute Gasteiger partial charge is 0.478 e. The molecule has 3 nitrogen and oxygen atoms in total. The van der Waals surface area contributed by atoms with E-state index in [0.29, 0.717) is 12.1 Å². The van der Waals surface area contributed by atoms with Crippen molar-refractivity contribution in [2.24, 2.45) is 5.73 Å². The van der Waals surface area contributed by atoms with Crippen molar-refractivity contribution in [3.05, 3.63) is 65.2 Å². The first kappa shape index (κ1) is 13.6. The van der Waals surface area contributed by atoms with Crippen LogP contribution in [0.4, 0.5) is 0 Å². The van der Waals surface area contributed by atoms with Crippen LogP contribution in [0.15, 0.2) is 53.4 Å². The van der Waals surface area contributed by atoms with Crippen LogP contribution in [0.25, 0.3) is 0 Å². The van der Waals surface area contributed by atoms with Crippen molar-refractivity contribution in [2.45, 2.75) is 17.2 Å². The number of benzene rings is 2. The Bertz CT molecular complexity index is 567. The zero-order valence-electron chi connectivity index (χ0n) is 10.4. The summed E-state index contributed by atoms with van der Waals surface area (Å²) in [6, 6.07) is 15.1. The summed E-state index contributed by atoms with van der Waals surface area (Å²) in [6.07, 6.45) is 0. The van der Waals surface area contributed by atoms with Gasteiger partial charge in [-0.1, -0.05) is 24.3 Å². The average molecular weight is 273 g/mol. The van der Waals surface area contributed by atoms with Crippen LogP contribution >= 0.6 is 11.8 Å². The van der Waals surface area contributed by atoms with E-state index in [1.807, 2.05) is 24.3 Å². The summed E-state index contributed by atoms with van der Waals surface area (Å²) >= 11 is 1.71. The van der Waals surface area contributed by atoms with Crippen molar-refractivity contribution in [3.63, 3.8) is 0 Å². The summed E-state index contributed by atoms with van der Waals surface area (Å²) in [7, 11) is 0. The molecule has 2 aromatic carbocycles. The number of aromatic carboxylic acids is 1. The van der Waals surface area contributed by atoms with E-state index in [1.165, 1.54) is 4.90 Å². The molecule has 0 saturated carbocycles. The van der Waals surface area contributed by atoms with Gasteiger partial charge in [0.15, 0.2) is 0 Å². The molecule has 0 radical (unpaired) electrons. The molecule has 0 aliphatic rings. The van der Waals surface area contributed by atoms with Gasteiger partial charge in [-0.25, -0.2) is 4.79 Å². The second kappa shape index (κ2) is 6.41. The molecule has 19 heavy (non-hydrogen) atoms. The minimum atomic E-state index is -0.894. The molecule has 4 heteroatoms. The molecule has 0 saturated heterocycles. The number of rotatable bonds is 5. The van der Waals surface area contributed by atoms with E-state index in [1.54, 1.807) is 23.9 Å². The smallest absolute Gasteiger partial charge is 0.335 e. The molecule has 0 aliphatic heterocycles. The van der Waals surface area contributed by atoms with Crippen LogP contribution in [-0.4, -0.2) is 11.1 Å². The predicted molar refractivity (Wildman–Crippen MR) is 77.3 cm³/mol. The molecule has 2 rings (SSSR count). The third-order valence-corrected chi connectivity index (χ3v) is 3.81. The van der Waals surface area contributed by atoms with E-state index in [2.05, 4.69) is 12.1 Å². The molecule has 0 bridgehead atoms. The van der Waals surface area contributed by atoms with Gasteiger partial charge in [-0.2, -0.15) is 0 Å². The second-order valence-corrected chi connectivity index (χ2v) is 5.19. The van der Waals surface area contributed by atoms with Crippen molar-refractivity contribution in [1.29, 1.82) is 0 Å². The van der Waals surface area contributed by atoms with E-state index < -0.39 is 5.97 Å². The van der Waals surface area contributed by atoms with Gasteiger partial charge in [0.1, 0.15) is 0 Å². The number of nitrogens with two attached hydrogens (primary N) is 1. The third-order valence-electron chi connectivity index (χ3n) is 2.74. The molecule has 2 aromatic rings. The standard InChI is InChI=1S/C15H15NO2S/c16-9-12-2-1-3-14(8-12)19-10-11-4-6-13(7-5-11)15(17)18/h1-8H,9-10,16H2,(H,17,18). The van der Waals surface area contributed by atoms with Crippen LogP contribution < -0.4 is 5.73 Å². The van der Waals surface area contributed by atoms with Crippen LogP contribution in [0.2, 0.25) is 0 Å². The molecule has 0 fully saturated rings. The molecular weight excluding hydrogens is 258 g/mol. The van der Waals surface area contributed by atoms with E-state index in [-0.39, 0.29) is 0 Å². The van der Waals surface area contributed by atoms with Gasteiger partial charge in [-0.05, 0) is 35.4 Å². The first-order valence-corrected chi connectivity index (χ1v) is 6.91. The lowest BCUT2D eigenvalue weighted by atomic mass is 10.1. The predicted octanol–water partition coefficient (Wildman–Crippen LogP) is 3.14. The minimum Gasteiger partial charge on any atom is -0.478 e. The maximum absolute atomic E-state index is 10.7. The highest BCUT2D eigenvalue weighted by Crippen LogP contribution is 2.23. The number of hydrogen-bond acceptors (Lipinski definition) is 3. The fourth-order valence-corrected chi connectivity index (χ4v) is 2.61. The molecule has 3 N–H and O–H groups in total. The number of carbonyl (C=O) groups is 1. The molecule has 0 unspecified atom stereocenters. The normalized spacial score (nSPS) is 10.4. The number of hydrogen-bond donors (Lipinski definition) is 2. The monoisotopic (exact) mass is 273 g/mol. The van der Waals surface area contributed by atoms with Gasteiger partial charge in [0, 0.05) is 17.2 Å². The van der Waals surface area contributed by atoms with Gasteiger partial charge in [-0.15, -0.1) is 11.8 Å². The Morgan fingerprint density at radius 1 is 1.11 bits per heavy atom. The number of carboxylic acid groups (broad SMARTS) is 1. The Labute approximate surface area is 116 Å². The fraction of sp³-hybridized carbons (Fsp3) is 0.133. The first-order valence-electron chi connectivity index (χ1n) is 5.93. The van der Waals surface area contributed by atoms with E-state index in [0.717, 1.165) is 16.9 Å². The quantitative estimate of drug-likeness (QED) is 0.821. The Hall–Kier alpha value is -1.78. The second-order valence-electron chi connectivity index (χ2n) is 4.14. The van der Waals surface area contributed by atoms with Crippen molar-refractivity contribution in [2.75, 3.05) is 0 Å². The summed E-state index contributed by atoms with van der Waals surface area (Å²) < 4.78 is 0. The van der Waals surface area contributed by atoms with Crippen LogP contribution in [0.3, 0.4) is 0 Å². The van der Waals surface area contributed by atoms with Crippen LogP contribution in [-0.2, 0) is 12.3 Å². The lowest BCUT2D eigenvalue weighted by Gasteiger charge is -2.04. The fourth-order valence-electron chi connectivity index (χ4n) is 1.67. The van der Waals surface area contributed by atoms with Crippen LogP contribution in [0.5, 0.6) is 0 Å². The van der Waals surface area contributed by atoms with Gasteiger partial charge < -0.3 is 10.8 Å². The van der Waals surface area contributed by atoms with Gasteiger partial charge in [0.2, 0.25) is 0 Å². The Morgan fingerprint density at radius 3 is 2.47 bits per heavy atom. The van der Waals surface area contributed by atoms with Gasteiger partial charge in [0.25, 0.3) is 0 Å². The van der Waals surface area contributed by atoms with E-state index in [9.17, 15) is 4.79 Å². The van der Waals surface area contributed by atoms with Gasteiger partial charge >= 0.3 is 5.97 Å². The number of carboxylic acids is 1. The highest BCUT2D eigenvalue weighted by Gasteiger charge is 2.02. The minimum absolute atomic E-state index is 0.318. The highest BCUT2D eigenvalue weighted by molar-refractivity contribution is 7.98. The highest BCUT2D eigenvalue weighted by atomic mass is 32.2. The Balaban J connectivity index is 1.99. The molecule has 0 heterocycles. The summed E-state index contributed by atoms with van der Waals surface area (Å²) in [5, 5.41) is 8.82. The Kier molecular flexibility index (Phi) is 4.60. The van der Waals surface area contributed by atoms with Gasteiger partial charge in [-0.3, -0.25) is 0 Å². The summed E-state index contributed by atoms with van der Waals surface area (Å²) in [5.41, 5.74) is 8.15. The summed E-state index contributed by atoms with van der Waals surface area (Å²) in [6.45, 7) is 0.543. The SMILES string of the molecule is NCc1cccc(SCc2ccc(C(=O)O)cc2)c1. The van der Waals surface area contributed by atoms with Crippen molar-refractivity contribution in [1.82, 2.24) is 0 Å². The van der Waals surface area contributed by atoms with Crippen molar-refractivity contribution in [3.8, 4) is 0 Å². The van der Waals surface area contributed by atoms with E-state index in [4.69, 9.17) is 10.8 Å². The van der Waals surface area contributed by atoms with Crippen molar-refractivity contribution < 1.29 is 9.90 Å². The molecule has 0 spiro atoms. The molecule has 0 amide bonds. The Morgan fingerprint density at radius 2 is 1.84 bits per heavy atom. The molecule has 0 atom stereocenters. The topological polar surface area (TPSA) is 63.3 Å². The summed E-state index contributed by atoms with van der Waals surface area (Å²) in [4.78, 5) is 11.9.